The summed E-state index contributed by atoms with van der Waals surface area (Å²) >= 11 is 0. The molecule has 0 radical (unpaired) electrons. The molecule has 7 nitrogen and oxygen atoms in total. The molecule has 0 fully saturated rings. The Bertz CT molecular complexity index is 567. The van der Waals surface area contributed by atoms with E-state index in [9.17, 15) is 4.79 Å². The fourth-order valence-electron chi connectivity index (χ4n) is 1.53. The van der Waals surface area contributed by atoms with E-state index in [0.29, 0.717) is 11.7 Å². The highest BCUT2D eigenvalue weighted by atomic mass is 16.5. The number of pyridine rings is 1. The van der Waals surface area contributed by atoms with Gasteiger partial charge in [-0.3, -0.25) is 9.78 Å². The number of nitrogens with one attached hydrogen (secondary N) is 1. The van der Waals surface area contributed by atoms with E-state index in [1.54, 1.807) is 24.5 Å². The summed E-state index contributed by atoms with van der Waals surface area (Å²) in [4.78, 5) is 19.8. The van der Waals surface area contributed by atoms with Gasteiger partial charge in [0.15, 0.2) is 0 Å². The van der Waals surface area contributed by atoms with Crippen LogP contribution in [0.5, 0.6) is 0 Å². The highest BCUT2D eigenvalue weighted by Crippen LogP contribution is 2.13. The first-order chi connectivity index (χ1) is 9.58. The molecule has 2 aromatic rings. The van der Waals surface area contributed by atoms with E-state index >= 15 is 0 Å². The lowest BCUT2D eigenvalue weighted by Gasteiger charge is -2.14. The fraction of sp³-hybridized carbons (Fsp3) is 0.385. The van der Waals surface area contributed by atoms with E-state index in [1.807, 2.05) is 13.8 Å². The summed E-state index contributed by atoms with van der Waals surface area (Å²) < 4.78 is 5.07. The van der Waals surface area contributed by atoms with Crippen molar-refractivity contribution in [1.82, 2.24) is 20.4 Å². The summed E-state index contributed by atoms with van der Waals surface area (Å²) in [5.74, 6) is 0.639. The fourth-order valence-corrected chi connectivity index (χ4v) is 1.53. The molecule has 0 aromatic carbocycles. The van der Waals surface area contributed by atoms with Gasteiger partial charge in [0.2, 0.25) is 17.6 Å². The molecule has 0 aliphatic carbocycles. The molecule has 1 amide bonds. The Balaban J connectivity index is 1.96. The van der Waals surface area contributed by atoms with E-state index in [4.69, 9.17) is 10.3 Å². The minimum atomic E-state index is -0.544. The van der Waals surface area contributed by atoms with Crippen LogP contribution < -0.4 is 11.1 Å². The molecule has 1 atom stereocenters. The smallest absolute Gasteiger partial charge is 0.246 e. The van der Waals surface area contributed by atoms with Crippen LogP contribution in [0, 0.1) is 5.92 Å². The number of rotatable bonds is 5. The third kappa shape index (κ3) is 3.39. The van der Waals surface area contributed by atoms with Crippen LogP contribution in [0.25, 0.3) is 11.4 Å². The monoisotopic (exact) mass is 275 g/mol. The van der Waals surface area contributed by atoms with E-state index in [0.717, 1.165) is 5.56 Å². The topological polar surface area (TPSA) is 107 Å². The quantitative estimate of drug-likeness (QED) is 0.833. The van der Waals surface area contributed by atoms with Gasteiger partial charge in [0.05, 0.1) is 12.6 Å². The summed E-state index contributed by atoms with van der Waals surface area (Å²) in [6, 6.07) is 3.02. The number of hydrogen-bond acceptors (Lipinski definition) is 6. The molecular weight excluding hydrogens is 258 g/mol. The zero-order valence-electron chi connectivity index (χ0n) is 11.4. The Hall–Kier alpha value is -2.28. The molecule has 0 unspecified atom stereocenters. The second-order valence-corrected chi connectivity index (χ2v) is 4.74. The summed E-state index contributed by atoms with van der Waals surface area (Å²) in [5.41, 5.74) is 6.54. The van der Waals surface area contributed by atoms with Gasteiger partial charge < -0.3 is 15.6 Å². The minimum Gasteiger partial charge on any atom is -0.346 e. The molecule has 0 aliphatic rings. The average molecular weight is 275 g/mol. The number of carbonyl (C=O) groups excluding carboxylic acids is 1. The van der Waals surface area contributed by atoms with Crippen molar-refractivity contribution < 1.29 is 9.32 Å². The Morgan fingerprint density at radius 2 is 2.10 bits per heavy atom. The van der Waals surface area contributed by atoms with Crippen LogP contribution >= 0.6 is 0 Å². The van der Waals surface area contributed by atoms with Crippen LogP contribution in [0.4, 0.5) is 0 Å². The molecule has 7 heteroatoms. The van der Waals surface area contributed by atoms with Crippen LogP contribution in [-0.2, 0) is 11.3 Å². The summed E-state index contributed by atoms with van der Waals surface area (Å²) in [7, 11) is 0. The first-order valence-corrected chi connectivity index (χ1v) is 6.34. The van der Waals surface area contributed by atoms with Gasteiger partial charge in [-0.15, -0.1) is 0 Å². The third-order valence-corrected chi connectivity index (χ3v) is 2.84. The normalized spacial score (nSPS) is 12.4. The van der Waals surface area contributed by atoms with Crippen molar-refractivity contribution >= 4 is 5.91 Å². The maximum Gasteiger partial charge on any atom is 0.246 e. The number of amides is 1. The maximum atomic E-state index is 11.7. The van der Waals surface area contributed by atoms with Gasteiger partial charge in [0, 0.05) is 18.0 Å². The summed E-state index contributed by atoms with van der Waals surface area (Å²) in [6.07, 6.45) is 3.30. The standard InChI is InChI=1S/C13H17N5O2/c1-8(2)11(14)13(19)16-7-10-17-12(18-20-10)9-3-5-15-6-4-9/h3-6,8,11H,7,14H2,1-2H3,(H,16,19)/t11-/m0/s1. The number of nitrogens with zero attached hydrogens (tertiary/aromatic N) is 3. The average Bonchev–Trinajstić information content (AvgIpc) is 2.93. The lowest BCUT2D eigenvalue weighted by atomic mass is 10.1. The Kier molecular flexibility index (Phi) is 4.41. The Morgan fingerprint density at radius 3 is 2.75 bits per heavy atom. The van der Waals surface area contributed by atoms with Crippen molar-refractivity contribution in [2.75, 3.05) is 0 Å². The van der Waals surface area contributed by atoms with Gasteiger partial charge >= 0.3 is 0 Å². The lowest BCUT2D eigenvalue weighted by Crippen LogP contribution is -2.43. The van der Waals surface area contributed by atoms with Crippen LogP contribution in [0.15, 0.2) is 29.0 Å². The van der Waals surface area contributed by atoms with Crippen LogP contribution in [-0.4, -0.2) is 27.1 Å². The molecule has 0 aliphatic heterocycles. The lowest BCUT2D eigenvalue weighted by molar-refractivity contribution is -0.123. The molecule has 0 spiro atoms. The largest absolute Gasteiger partial charge is 0.346 e. The van der Waals surface area contributed by atoms with Gasteiger partial charge in [0.1, 0.15) is 0 Å². The Labute approximate surface area is 116 Å². The van der Waals surface area contributed by atoms with Gasteiger partial charge in [-0.1, -0.05) is 19.0 Å². The predicted molar refractivity (Wildman–Crippen MR) is 72.2 cm³/mol. The number of nitrogens with two attached hydrogens (primary N) is 1. The number of hydrogen-bond donors (Lipinski definition) is 2. The molecule has 106 valence electrons. The molecule has 2 aromatic heterocycles. The molecule has 20 heavy (non-hydrogen) atoms. The van der Waals surface area contributed by atoms with Gasteiger partial charge in [-0.2, -0.15) is 4.98 Å². The highest BCUT2D eigenvalue weighted by molar-refractivity contribution is 5.81. The van der Waals surface area contributed by atoms with Gasteiger partial charge in [0.25, 0.3) is 0 Å². The zero-order valence-corrected chi connectivity index (χ0v) is 11.4. The highest BCUT2D eigenvalue weighted by Gasteiger charge is 2.17. The van der Waals surface area contributed by atoms with Crippen LogP contribution in [0.3, 0.4) is 0 Å². The molecule has 3 N–H and O–H groups in total. The zero-order chi connectivity index (χ0) is 14.5. The van der Waals surface area contributed by atoms with Crippen LogP contribution in [0.1, 0.15) is 19.7 Å². The van der Waals surface area contributed by atoms with Crippen LogP contribution in [0.2, 0.25) is 0 Å². The van der Waals surface area contributed by atoms with Crippen molar-refractivity contribution in [3.63, 3.8) is 0 Å². The summed E-state index contributed by atoms with van der Waals surface area (Å²) in [6.45, 7) is 3.94. The van der Waals surface area contributed by atoms with Crippen molar-refractivity contribution in [3.05, 3.63) is 30.4 Å². The summed E-state index contributed by atoms with van der Waals surface area (Å²) in [5, 5.41) is 6.52. The second kappa shape index (κ2) is 6.25. The van der Waals surface area contributed by atoms with Gasteiger partial charge in [-0.05, 0) is 18.1 Å². The van der Waals surface area contributed by atoms with E-state index in [-0.39, 0.29) is 18.4 Å². The van der Waals surface area contributed by atoms with E-state index < -0.39 is 6.04 Å². The van der Waals surface area contributed by atoms with E-state index in [1.165, 1.54) is 0 Å². The number of carbonyl (C=O) groups is 1. The van der Waals surface area contributed by atoms with Crippen molar-refractivity contribution in [2.24, 2.45) is 11.7 Å². The van der Waals surface area contributed by atoms with Gasteiger partial charge in [-0.25, -0.2) is 0 Å². The van der Waals surface area contributed by atoms with E-state index in [2.05, 4.69) is 20.4 Å². The molecule has 0 bridgehead atoms. The molecule has 2 heterocycles. The third-order valence-electron chi connectivity index (χ3n) is 2.84. The first-order valence-electron chi connectivity index (χ1n) is 6.34. The molecule has 2 rings (SSSR count). The molecular formula is C13H17N5O2. The predicted octanol–water partition coefficient (Wildman–Crippen LogP) is 0.731. The molecule has 0 saturated carbocycles. The number of aromatic nitrogens is 3. The minimum absolute atomic E-state index is 0.0741. The second-order valence-electron chi connectivity index (χ2n) is 4.74. The maximum absolute atomic E-state index is 11.7. The van der Waals surface area contributed by atoms with Crippen molar-refractivity contribution in [1.29, 1.82) is 0 Å². The van der Waals surface area contributed by atoms with Crippen molar-refractivity contribution in [2.45, 2.75) is 26.4 Å². The SMILES string of the molecule is CC(C)[C@H](N)C(=O)NCc1nc(-c2ccncc2)no1. The first kappa shape index (κ1) is 14.1. The Morgan fingerprint density at radius 1 is 1.40 bits per heavy atom. The van der Waals surface area contributed by atoms with Crippen molar-refractivity contribution in [3.8, 4) is 11.4 Å². The molecule has 0 saturated heterocycles.